The van der Waals surface area contributed by atoms with Gasteiger partial charge in [0.2, 0.25) is 10.0 Å². The largest absolute Gasteiger partial charge is 0.244 e. The van der Waals surface area contributed by atoms with E-state index < -0.39 is 25.1 Å². The molecule has 0 N–H and O–H groups in total. The lowest BCUT2D eigenvalue weighted by atomic mass is 10.1. The molecule has 1 aliphatic rings. The van der Waals surface area contributed by atoms with Crippen LogP contribution in [-0.4, -0.2) is 40.0 Å². The second-order valence-corrected chi connectivity index (χ2v) is 10.8. The van der Waals surface area contributed by atoms with Crippen LogP contribution in [0, 0.1) is 11.3 Å². The van der Waals surface area contributed by atoms with Gasteiger partial charge in [0, 0.05) is 18.1 Å². The molecule has 1 fully saturated rings. The molecule has 0 spiro atoms. The third-order valence-electron chi connectivity index (χ3n) is 4.58. The highest BCUT2D eigenvalue weighted by Crippen LogP contribution is 2.35. The van der Waals surface area contributed by atoms with Gasteiger partial charge in [-0.3, -0.25) is 0 Å². The van der Waals surface area contributed by atoms with Gasteiger partial charge in [-0.1, -0.05) is 41.9 Å². The van der Waals surface area contributed by atoms with Crippen molar-refractivity contribution in [1.29, 1.82) is 5.26 Å². The maximum atomic E-state index is 13.0. The maximum absolute atomic E-state index is 13.0. The Bertz CT molecular complexity index is 1110. The third-order valence-corrected chi connectivity index (χ3v) is 8.99. The SMILES string of the molecule is N#Cc1ccccc1S(=O)(=O)N1CCC(c2ccccc2Cl)S(=O)(=O)CC1. The van der Waals surface area contributed by atoms with Crippen LogP contribution >= 0.6 is 11.6 Å². The van der Waals surface area contributed by atoms with E-state index in [0.29, 0.717) is 10.6 Å². The molecule has 9 heteroatoms. The Morgan fingerprint density at radius 3 is 2.44 bits per heavy atom. The lowest BCUT2D eigenvalue weighted by Gasteiger charge is -2.20. The van der Waals surface area contributed by atoms with Crippen molar-refractivity contribution < 1.29 is 16.8 Å². The molecule has 1 unspecified atom stereocenters. The zero-order valence-corrected chi connectivity index (χ0v) is 16.6. The van der Waals surface area contributed by atoms with Crippen molar-refractivity contribution in [2.75, 3.05) is 18.8 Å². The molecule has 27 heavy (non-hydrogen) atoms. The zero-order valence-electron chi connectivity index (χ0n) is 14.2. The first-order chi connectivity index (χ1) is 12.8. The molecule has 0 amide bonds. The number of sulfone groups is 1. The molecular formula is C18H17ClN2O4S2. The van der Waals surface area contributed by atoms with E-state index >= 15 is 0 Å². The number of rotatable bonds is 3. The molecule has 1 saturated heterocycles. The summed E-state index contributed by atoms with van der Waals surface area (Å²) in [5, 5.41) is 8.68. The van der Waals surface area contributed by atoms with E-state index in [1.54, 1.807) is 30.3 Å². The lowest BCUT2D eigenvalue weighted by molar-refractivity contribution is 0.428. The minimum absolute atomic E-state index is 0.0250. The van der Waals surface area contributed by atoms with E-state index in [0.717, 1.165) is 4.31 Å². The summed E-state index contributed by atoms with van der Waals surface area (Å²) in [6.45, 7) is -0.136. The van der Waals surface area contributed by atoms with Crippen molar-refractivity contribution in [2.45, 2.75) is 16.6 Å². The summed E-state index contributed by atoms with van der Waals surface area (Å²) in [6.07, 6.45) is 0.0972. The van der Waals surface area contributed by atoms with Gasteiger partial charge < -0.3 is 0 Å². The van der Waals surface area contributed by atoms with Crippen LogP contribution in [0.5, 0.6) is 0 Å². The Morgan fingerprint density at radius 2 is 1.74 bits per heavy atom. The molecule has 2 aromatic carbocycles. The van der Waals surface area contributed by atoms with Crippen LogP contribution in [0.4, 0.5) is 0 Å². The predicted molar refractivity (Wildman–Crippen MR) is 103 cm³/mol. The van der Waals surface area contributed by atoms with Gasteiger partial charge in [-0.05, 0) is 30.2 Å². The summed E-state index contributed by atoms with van der Waals surface area (Å²) in [5.41, 5.74) is 0.517. The Morgan fingerprint density at radius 1 is 1.07 bits per heavy atom. The number of halogens is 1. The number of benzene rings is 2. The highest BCUT2D eigenvalue weighted by Gasteiger charge is 2.37. The minimum Gasteiger partial charge on any atom is -0.228 e. The fourth-order valence-corrected chi connectivity index (χ4v) is 7.03. The fourth-order valence-electron chi connectivity index (χ4n) is 3.17. The summed E-state index contributed by atoms with van der Waals surface area (Å²) in [7, 11) is -7.56. The normalized spacial score (nSPS) is 20.5. The smallest absolute Gasteiger partial charge is 0.228 e. The number of sulfonamides is 1. The molecule has 1 aliphatic heterocycles. The average Bonchev–Trinajstić information content (AvgIpc) is 2.80. The third kappa shape index (κ3) is 3.87. The van der Waals surface area contributed by atoms with Crippen molar-refractivity contribution in [2.24, 2.45) is 0 Å². The molecular weight excluding hydrogens is 408 g/mol. The van der Waals surface area contributed by atoms with E-state index in [4.69, 9.17) is 11.6 Å². The molecule has 3 rings (SSSR count). The average molecular weight is 425 g/mol. The summed E-state index contributed by atoms with van der Waals surface area (Å²) < 4.78 is 52.6. The van der Waals surface area contributed by atoms with E-state index in [-0.39, 0.29) is 35.7 Å². The van der Waals surface area contributed by atoms with Gasteiger partial charge in [-0.25, -0.2) is 16.8 Å². The Labute approximate surface area is 164 Å². The van der Waals surface area contributed by atoms with E-state index in [1.165, 1.54) is 18.2 Å². The topological polar surface area (TPSA) is 95.3 Å². The molecule has 0 saturated carbocycles. The molecule has 1 heterocycles. The fraction of sp³-hybridized carbons (Fsp3) is 0.278. The van der Waals surface area contributed by atoms with Crippen LogP contribution in [0.3, 0.4) is 0 Å². The number of hydrogen-bond acceptors (Lipinski definition) is 5. The van der Waals surface area contributed by atoms with Crippen LogP contribution in [0.1, 0.15) is 22.8 Å². The second kappa shape index (κ2) is 7.60. The molecule has 2 aromatic rings. The second-order valence-electron chi connectivity index (χ2n) is 6.18. The van der Waals surface area contributed by atoms with Crippen molar-refractivity contribution in [3.63, 3.8) is 0 Å². The van der Waals surface area contributed by atoms with Gasteiger partial charge >= 0.3 is 0 Å². The maximum Gasteiger partial charge on any atom is 0.244 e. The molecule has 0 bridgehead atoms. The van der Waals surface area contributed by atoms with Crippen molar-refractivity contribution >= 4 is 31.5 Å². The van der Waals surface area contributed by atoms with Gasteiger partial charge in [-0.2, -0.15) is 9.57 Å². The number of nitriles is 1. The highest BCUT2D eigenvalue weighted by atomic mass is 35.5. The summed E-state index contributed by atoms with van der Waals surface area (Å²) in [4.78, 5) is -0.110. The predicted octanol–water partition coefficient (Wildman–Crippen LogP) is 2.76. The molecule has 1 atom stereocenters. The van der Waals surface area contributed by atoms with Crippen LogP contribution in [0.15, 0.2) is 53.4 Å². The number of nitrogens with zero attached hydrogens (tertiary/aromatic N) is 2. The Balaban J connectivity index is 1.96. The first-order valence-corrected chi connectivity index (χ1v) is 11.8. The van der Waals surface area contributed by atoms with Crippen LogP contribution in [0.25, 0.3) is 0 Å². The molecule has 0 radical (unpaired) electrons. The summed E-state index contributed by atoms with van der Waals surface area (Å²) >= 11 is 6.17. The van der Waals surface area contributed by atoms with Crippen molar-refractivity contribution in [3.8, 4) is 6.07 Å². The van der Waals surface area contributed by atoms with Gasteiger partial charge in [0.15, 0.2) is 9.84 Å². The standard InChI is InChI=1S/C18H17ClN2O4S2/c19-16-7-3-2-6-15(16)18-9-10-21(11-12-26(18,22)23)27(24,25)17-8-4-1-5-14(17)13-20/h1-8,18H,9-12H2. The van der Waals surface area contributed by atoms with Gasteiger partial charge in [0.25, 0.3) is 0 Å². The first kappa shape index (κ1) is 19.8. The molecule has 0 aromatic heterocycles. The minimum atomic E-state index is -3.98. The van der Waals surface area contributed by atoms with Gasteiger partial charge in [0.1, 0.15) is 6.07 Å². The van der Waals surface area contributed by atoms with E-state index in [1.807, 2.05) is 6.07 Å². The van der Waals surface area contributed by atoms with Gasteiger partial charge in [-0.15, -0.1) is 0 Å². The van der Waals surface area contributed by atoms with Crippen LogP contribution in [0.2, 0.25) is 5.02 Å². The Kier molecular flexibility index (Phi) is 5.58. The quantitative estimate of drug-likeness (QED) is 0.754. The van der Waals surface area contributed by atoms with Crippen LogP contribution < -0.4 is 0 Å². The lowest BCUT2D eigenvalue weighted by Crippen LogP contribution is -2.34. The first-order valence-electron chi connectivity index (χ1n) is 8.22. The number of hydrogen-bond donors (Lipinski definition) is 0. The summed E-state index contributed by atoms with van der Waals surface area (Å²) in [5.74, 6) is -0.309. The molecule has 0 aliphatic carbocycles. The zero-order chi connectivity index (χ0) is 19.7. The Hall–Kier alpha value is -1.92. The molecule has 6 nitrogen and oxygen atoms in total. The van der Waals surface area contributed by atoms with E-state index in [9.17, 15) is 22.1 Å². The van der Waals surface area contributed by atoms with Crippen molar-refractivity contribution in [1.82, 2.24) is 4.31 Å². The monoisotopic (exact) mass is 424 g/mol. The van der Waals surface area contributed by atoms with Crippen molar-refractivity contribution in [3.05, 3.63) is 64.7 Å². The molecule has 142 valence electrons. The van der Waals surface area contributed by atoms with Crippen LogP contribution in [-0.2, 0) is 19.9 Å². The van der Waals surface area contributed by atoms with Gasteiger partial charge in [0.05, 0.1) is 21.5 Å². The van der Waals surface area contributed by atoms with E-state index in [2.05, 4.69) is 0 Å². The summed E-state index contributed by atoms with van der Waals surface area (Å²) in [6, 6.07) is 14.5. The highest BCUT2D eigenvalue weighted by molar-refractivity contribution is 7.92.